The summed E-state index contributed by atoms with van der Waals surface area (Å²) in [5.74, 6) is 0. The highest BCUT2D eigenvalue weighted by atomic mass is 16.5. The molecule has 0 amide bonds. The van der Waals surface area contributed by atoms with Crippen LogP contribution < -0.4 is 0 Å². The van der Waals surface area contributed by atoms with Crippen molar-refractivity contribution in [2.75, 3.05) is 27.4 Å². The lowest BCUT2D eigenvalue weighted by atomic mass is 10.2. The van der Waals surface area contributed by atoms with E-state index in [2.05, 4.69) is 9.88 Å². The largest absolute Gasteiger partial charge is 0.369 e. The van der Waals surface area contributed by atoms with Gasteiger partial charge < -0.3 is 4.74 Å². The molecule has 0 aromatic carbocycles. The van der Waals surface area contributed by atoms with Crippen LogP contribution in [0.5, 0.6) is 0 Å². The molecule has 0 spiro atoms. The van der Waals surface area contributed by atoms with Crippen LogP contribution in [-0.2, 0) is 11.2 Å². The van der Waals surface area contributed by atoms with E-state index in [4.69, 9.17) is 4.74 Å². The molecule has 13 heavy (non-hydrogen) atoms. The predicted octanol–water partition coefficient (Wildman–Crippen LogP) is 1.16. The van der Waals surface area contributed by atoms with Crippen molar-refractivity contribution in [1.29, 1.82) is 0 Å². The molecular formula is C10H16N2O. The van der Waals surface area contributed by atoms with Crippen LogP contribution in [0.2, 0.25) is 0 Å². The maximum Gasteiger partial charge on any atom is 0.0984 e. The van der Waals surface area contributed by atoms with Crippen LogP contribution in [0.4, 0.5) is 0 Å². The molecule has 0 bridgehead atoms. The predicted molar refractivity (Wildman–Crippen MR) is 52.4 cm³/mol. The standard InChI is InChI=1S/C10H16N2O/c1-12(9-13-2)8-5-10-3-6-11-7-4-10/h3-4,6-7H,5,8-9H2,1-2H3. The van der Waals surface area contributed by atoms with Crippen molar-refractivity contribution in [2.45, 2.75) is 6.42 Å². The van der Waals surface area contributed by atoms with E-state index in [9.17, 15) is 0 Å². The minimum atomic E-state index is 0.686. The van der Waals surface area contributed by atoms with E-state index in [0.29, 0.717) is 6.73 Å². The van der Waals surface area contributed by atoms with Crippen LogP contribution in [0.15, 0.2) is 24.5 Å². The van der Waals surface area contributed by atoms with Gasteiger partial charge in [-0.25, -0.2) is 0 Å². The number of rotatable bonds is 5. The summed E-state index contributed by atoms with van der Waals surface area (Å²) >= 11 is 0. The molecule has 1 rings (SSSR count). The molecule has 3 heteroatoms. The fourth-order valence-electron chi connectivity index (χ4n) is 1.15. The lowest BCUT2D eigenvalue weighted by Gasteiger charge is -2.14. The number of methoxy groups -OCH3 is 1. The van der Waals surface area contributed by atoms with Gasteiger partial charge in [0.2, 0.25) is 0 Å². The number of ether oxygens (including phenoxy) is 1. The van der Waals surface area contributed by atoms with Gasteiger partial charge in [0.15, 0.2) is 0 Å². The first-order chi connectivity index (χ1) is 6.33. The number of hydrogen-bond donors (Lipinski definition) is 0. The summed E-state index contributed by atoms with van der Waals surface area (Å²) in [6, 6.07) is 4.08. The Bertz CT molecular complexity index is 226. The fraction of sp³-hybridized carbons (Fsp3) is 0.500. The van der Waals surface area contributed by atoms with Gasteiger partial charge in [-0.2, -0.15) is 0 Å². The molecule has 1 aromatic heterocycles. The summed E-state index contributed by atoms with van der Waals surface area (Å²) in [4.78, 5) is 6.11. The van der Waals surface area contributed by atoms with Gasteiger partial charge in [-0.15, -0.1) is 0 Å². The normalized spacial score (nSPS) is 10.7. The van der Waals surface area contributed by atoms with E-state index < -0.39 is 0 Å². The maximum atomic E-state index is 5.01. The van der Waals surface area contributed by atoms with Gasteiger partial charge in [0.1, 0.15) is 0 Å². The minimum absolute atomic E-state index is 0.686. The van der Waals surface area contributed by atoms with Crippen LogP contribution >= 0.6 is 0 Å². The molecule has 0 aliphatic rings. The third-order valence-electron chi connectivity index (χ3n) is 1.88. The van der Waals surface area contributed by atoms with E-state index >= 15 is 0 Å². The summed E-state index contributed by atoms with van der Waals surface area (Å²) in [7, 11) is 3.76. The Balaban J connectivity index is 2.27. The van der Waals surface area contributed by atoms with E-state index in [-0.39, 0.29) is 0 Å². The van der Waals surface area contributed by atoms with E-state index in [1.54, 1.807) is 7.11 Å². The molecular weight excluding hydrogens is 164 g/mol. The Morgan fingerprint density at radius 3 is 2.69 bits per heavy atom. The molecule has 1 aromatic rings. The molecule has 0 saturated heterocycles. The monoisotopic (exact) mass is 180 g/mol. The third kappa shape index (κ3) is 4.01. The van der Waals surface area contributed by atoms with Crippen LogP contribution in [0.25, 0.3) is 0 Å². The Morgan fingerprint density at radius 1 is 1.38 bits per heavy atom. The quantitative estimate of drug-likeness (QED) is 0.636. The molecule has 0 aliphatic heterocycles. The molecule has 0 fully saturated rings. The van der Waals surface area contributed by atoms with Gasteiger partial charge in [-0.3, -0.25) is 9.88 Å². The number of aromatic nitrogens is 1. The first kappa shape index (κ1) is 10.2. The molecule has 0 saturated carbocycles. The van der Waals surface area contributed by atoms with Crippen LogP contribution in [-0.4, -0.2) is 37.3 Å². The fourth-order valence-corrected chi connectivity index (χ4v) is 1.15. The van der Waals surface area contributed by atoms with Crippen LogP contribution in [0, 0.1) is 0 Å². The van der Waals surface area contributed by atoms with Crippen molar-refractivity contribution in [3.05, 3.63) is 30.1 Å². The lowest BCUT2D eigenvalue weighted by molar-refractivity contribution is 0.0827. The zero-order chi connectivity index (χ0) is 9.52. The summed E-state index contributed by atoms with van der Waals surface area (Å²) in [5, 5.41) is 0. The summed E-state index contributed by atoms with van der Waals surface area (Å²) in [6.45, 7) is 1.70. The van der Waals surface area contributed by atoms with Gasteiger partial charge in [-0.05, 0) is 31.2 Å². The van der Waals surface area contributed by atoms with Gasteiger partial charge in [0, 0.05) is 26.0 Å². The van der Waals surface area contributed by atoms with Crippen molar-refractivity contribution in [3.63, 3.8) is 0 Å². The maximum absolute atomic E-state index is 5.01. The average Bonchev–Trinajstić information content (AvgIpc) is 2.17. The van der Waals surface area contributed by atoms with Gasteiger partial charge in [0.25, 0.3) is 0 Å². The molecule has 72 valence electrons. The van der Waals surface area contributed by atoms with Crippen molar-refractivity contribution in [3.8, 4) is 0 Å². The topological polar surface area (TPSA) is 25.4 Å². The zero-order valence-electron chi connectivity index (χ0n) is 8.23. The number of likely N-dealkylation sites (N-methyl/N-ethyl adjacent to an activating group) is 1. The lowest BCUT2D eigenvalue weighted by Crippen LogP contribution is -2.23. The summed E-state index contributed by atoms with van der Waals surface area (Å²) in [6.07, 6.45) is 4.69. The van der Waals surface area contributed by atoms with Crippen molar-refractivity contribution >= 4 is 0 Å². The minimum Gasteiger partial charge on any atom is -0.369 e. The van der Waals surface area contributed by atoms with E-state index in [1.807, 2.05) is 31.6 Å². The molecule has 0 unspecified atom stereocenters. The van der Waals surface area contributed by atoms with Crippen molar-refractivity contribution in [2.24, 2.45) is 0 Å². The smallest absolute Gasteiger partial charge is 0.0984 e. The Kier molecular flexibility index (Phi) is 4.43. The van der Waals surface area contributed by atoms with Gasteiger partial charge in [0.05, 0.1) is 6.73 Å². The Morgan fingerprint density at radius 2 is 2.08 bits per heavy atom. The second kappa shape index (κ2) is 5.67. The summed E-state index contributed by atoms with van der Waals surface area (Å²) in [5.41, 5.74) is 1.32. The number of pyridine rings is 1. The van der Waals surface area contributed by atoms with E-state index in [1.165, 1.54) is 5.56 Å². The van der Waals surface area contributed by atoms with Gasteiger partial charge in [-0.1, -0.05) is 0 Å². The molecule has 0 radical (unpaired) electrons. The molecule has 3 nitrogen and oxygen atoms in total. The second-order valence-electron chi connectivity index (χ2n) is 3.10. The molecule has 0 atom stereocenters. The highest BCUT2D eigenvalue weighted by Crippen LogP contribution is 1.98. The Hall–Kier alpha value is -0.930. The molecule has 1 heterocycles. The summed E-state index contributed by atoms with van der Waals surface area (Å²) < 4.78 is 5.01. The van der Waals surface area contributed by atoms with Gasteiger partial charge >= 0.3 is 0 Å². The van der Waals surface area contributed by atoms with Crippen molar-refractivity contribution in [1.82, 2.24) is 9.88 Å². The van der Waals surface area contributed by atoms with Crippen molar-refractivity contribution < 1.29 is 4.74 Å². The Labute approximate surface area is 79.3 Å². The van der Waals surface area contributed by atoms with Crippen LogP contribution in [0.1, 0.15) is 5.56 Å². The SMILES string of the molecule is COCN(C)CCc1ccncc1. The average molecular weight is 180 g/mol. The van der Waals surface area contributed by atoms with E-state index in [0.717, 1.165) is 13.0 Å². The second-order valence-corrected chi connectivity index (χ2v) is 3.10. The first-order valence-corrected chi connectivity index (χ1v) is 4.39. The zero-order valence-corrected chi connectivity index (χ0v) is 8.23. The number of nitrogens with zero attached hydrogens (tertiary/aromatic N) is 2. The first-order valence-electron chi connectivity index (χ1n) is 4.39. The third-order valence-corrected chi connectivity index (χ3v) is 1.88. The molecule has 0 N–H and O–H groups in total. The number of hydrogen-bond acceptors (Lipinski definition) is 3. The van der Waals surface area contributed by atoms with Crippen LogP contribution in [0.3, 0.4) is 0 Å². The molecule has 0 aliphatic carbocycles. The highest BCUT2D eigenvalue weighted by molar-refractivity contribution is 5.09. The highest BCUT2D eigenvalue weighted by Gasteiger charge is 1.97.